The second kappa shape index (κ2) is 5.15. The van der Waals surface area contributed by atoms with E-state index in [0.29, 0.717) is 11.8 Å². The number of rotatable bonds is 4. The summed E-state index contributed by atoms with van der Waals surface area (Å²) in [5.41, 5.74) is 5.64. The van der Waals surface area contributed by atoms with Gasteiger partial charge in [0.25, 0.3) is 0 Å². The van der Waals surface area contributed by atoms with E-state index in [9.17, 15) is 4.21 Å². The molecule has 2 N–H and O–H groups in total. The number of hydrogen-bond acceptors (Lipinski definition) is 3. The Balaban J connectivity index is 1.91. The lowest BCUT2D eigenvalue weighted by atomic mass is 9.75. The molecule has 3 nitrogen and oxygen atoms in total. The van der Waals surface area contributed by atoms with E-state index in [0.717, 1.165) is 25.9 Å². The predicted octanol–water partition coefficient (Wildman–Crippen LogP) is 1.57. The Morgan fingerprint density at radius 3 is 2.88 bits per heavy atom. The molecule has 3 unspecified atom stereocenters. The molecule has 1 aliphatic carbocycles. The van der Waals surface area contributed by atoms with Gasteiger partial charge in [-0.15, -0.1) is 0 Å². The maximum absolute atomic E-state index is 12.3. The second-order valence-electron chi connectivity index (χ2n) is 5.22. The zero-order chi connectivity index (χ0) is 11.6. The molecule has 0 aromatic heterocycles. The van der Waals surface area contributed by atoms with Crippen molar-refractivity contribution in [3.8, 4) is 0 Å². The molecule has 1 saturated heterocycles. The summed E-state index contributed by atoms with van der Waals surface area (Å²) in [4.78, 5) is 0. The highest BCUT2D eigenvalue weighted by Gasteiger charge is 2.44. The Hall–Kier alpha value is 0.0700. The van der Waals surface area contributed by atoms with E-state index in [1.54, 1.807) is 0 Å². The second-order valence-corrected chi connectivity index (χ2v) is 7.34. The smallest absolute Gasteiger partial charge is 0.0694 e. The highest BCUT2D eigenvalue weighted by atomic mass is 32.2. The van der Waals surface area contributed by atoms with E-state index >= 15 is 0 Å². The maximum atomic E-state index is 12.3. The molecule has 1 aliphatic heterocycles. The zero-order valence-electron chi connectivity index (χ0n) is 10.1. The fraction of sp³-hybridized carbons (Fsp3) is 1.00. The molecule has 2 rings (SSSR count). The van der Waals surface area contributed by atoms with Gasteiger partial charge in [0.1, 0.15) is 0 Å². The van der Waals surface area contributed by atoms with Crippen LogP contribution < -0.4 is 5.73 Å². The van der Waals surface area contributed by atoms with Gasteiger partial charge in [0.15, 0.2) is 0 Å². The van der Waals surface area contributed by atoms with E-state index in [1.165, 1.54) is 19.3 Å². The molecule has 0 aromatic rings. The van der Waals surface area contributed by atoms with Crippen molar-refractivity contribution >= 4 is 10.8 Å². The molecule has 1 heterocycles. The van der Waals surface area contributed by atoms with E-state index < -0.39 is 10.8 Å². The first-order chi connectivity index (χ1) is 7.67. The highest BCUT2D eigenvalue weighted by molar-refractivity contribution is 7.86. The maximum Gasteiger partial charge on any atom is 0.0694 e. The van der Waals surface area contributed by atoms with Gasteiger partial charge in [0, 0.05) is 27.9 Å². The number of hydrogen-bond donors (Lipinski definition) is 1. The van der Waals surface area contributed by atoms with Crippen molar-refractivity contribution in [2.45, 2.75) is 61.5 Å². The third-order valence-corrected chi connectivity index (χ3v) is 6.10. The minimum absolute atomic E-state index is 0.112. The standard InChI is InChI=1S/C12H23NO2S/c1-10(3-7-13)16(14)11-4-8-15-12(9-11)5-2-6-12/h10-11H,2-9,13H2,1H3. The topological polar surface area (TPSA) is 52.3 Å². The summed E-state index contributed by atoms with van der Waals surface area (Å²) in [5.74, 6) is 0. The largest absolute Gasteiger partial charge is 0.375 e. The van der Waals surface area contributed by atoms with Crippen LogP contribution in [0.2, 0.25) is 0 Å². The van der Waals surface area contributed by atoms with Crippen molar-refractivity contribution in [1.82, 2.24) is 0 Å². The molecule has 0 bridgehead atoms. The molecular formula is C12H23NO2S. The normalized spacial score (nSPS) is 32.0. The Labute approximate surface area is 101 Å². The Kier molecular flexibility index (Phi) is 4.03. The average Bonchev–Trinajstić information content (AvgIpc) is 2.26. The Morgan fingerprint density at radius 1 is 1.56 bits per heavy atom. The van der Waals surface area contributed by atoms with E-state index in [2.05, 4.69) is 6.92 Å². The molecule has 2 fully saturated rings. The van der Waals surface area contributed by atoms with Crippen LogP contribution in [-0.2, 0) is 15.5 Å². The lowest BCUT2D eigenvalue weighted by Gasteiger charge is -2.47. The van der Waals surface area contributed by atoms with Crippen LogP contribution in [0.1, 0.15) is 45.4 Å². The first-order valence-electron chi connectivity index (χ1n) is 6.40. The molecule has 1 spiro atoms. The van der Waals surface area contributed by atoms with Crippen LogP contribution >= 0.6 is 0 Å². The van der Waals surface area contributed by atoms with Crippen LogP contribution in [0.5, 0.6) is 0 Å². The first kappa shape index (κ1) is 12.5. The van der Waals surface area contributed by atoms with Gasteiger partial charge in [0.2, 0.25) is 0 Å². The zero-order valence-corrected chi connectivity index (χ0v) is 10.9. The Morgan fingerprint density at radius 2 is 2.31 bits per heavy atom. The van der Waals surface area contributed by atoms with Gasteiger partial charge < -0.3 is 10.5 Å². The van der Waals surface area contributed by atoms with Crippen molar-refractivity contribution in [3.63, 3.8) is 0 Å². The van der Waals surface area contributed by atoms with E-state index in [4.69, 9.17) is 10.5 Å². The molecule has 16 heavy (non-hydrogen) atoms. The van der Waals surface area contributed by atoms with Crippen LogP contribution in [0.4, 0.5) is 0 Å². The van der Waals surface area contributed by atoms with Gasteiger partial charge in [0.05, 0.1) is 5.60 Å². The summed E-state index contributed by atoms with van der Waals surface area (Å²) in [6.45, 7) is 3.50. The lowest BCUT2D eigenvalue weighted by Crippen LogP contribution is -2.49. The molecule has 0 aromatic carbocycles. The predicted molar refractivity (Wildman–Crippen MR) is 66.8 cm³/mol. The average molecular weight is 245 g/mol. The van der Waals surface area contributed by atoms with Crippen molar-refractivity contribution in [2.75, 3.05) is 13.2 Å². The first-order valence-corrected chi connectivity index (χ1v) is 7.68. The van der Waals surface area contributed by atoms with Crippen LogP contribution in [0.25, 0.3) is 0 Å². The van der Waals surface area contributed by atoms with Crippen LogP contribution in [0.15, 0.2) is 0 Å². The summed E-state index contributed by atoms with van der Waals surface area (Å²) in [6, 6.07) is 0. The van der Waals surface area contributed by atoms with Gasteiger partial charge >= 0.3 is 0 Å². The van der Waals surface area contributed by atoms with Crippen LogP contribution in [0, 0.1) is 0 Å². The molecule has 0 radical (unpaired) electrons. The van der Waals surface area contributed by atoms with Gasteiger partial charge in [-0.2, -0.15) is 0 Å². The van der Waals surface area contributed by atoms with Gasteiger partial charge in [-0.3, -0.25) is 4.21 Å². The van der Waals surface area contributed by atoms with Gasteiger partial charge in [-0.1, -0.05) is 6.92 Å². The van der Waals surface area contributed by atoms with Crippen molar-refractivity contribution in [1.29, 1.82) is 0 Å². The van der Waals surface area contributed by atoms with Crippen molar-refractivity contribution in [3.05, 3.63) is 0 Å². The third kappa shape index (κ3) is 2.49. The van der Waals surface area contributed by atoms with Crippen molar-refractivity contribution < 1.29 is 8.95 Å². The molecule has 4 heteroatoms. The lowest BCUT2D eigenvalue weighted by molar-refractivity contribution is -0.125. The SMILES string of the molecule is CC(CCN)S(=O)C1CCOC2(CCC2)C1. The minimum atomic E-state index is -0.725. The summed E-state index contributed by atoms with van der Waals surface area (Å²) < 4.78 is 18.2. The number of ether oxygens (including phenoxy) is 1. The molecule has 0 amide bonds. The van der Waals surface area contributed by atoms with Crippen molar-refractivity contribution in [2.24, 2.45) is 5.73 Å². The molecular weight excluding hydrogens is 222 g/mol. The van der Waals surface area contributed by atoms with E-state index in [-0.39, 0.29) is 10.9 Å². The van der Waals surface area contributed by atoms with Gasteiger partial charge in [-0.05, 0) is 45.1 Å². The van der Waals surface area contributed by atoms with Gasteiger partial charge in [-0.25, -0.2) is 0 Å². The van der Waals surface area contributed by atoms with Crippen LogP contribution in [0.3, 0.4) is 0 Å². The minimum Gasteiger partial charge on any atom is -0.375 e. The fourth-order valence-corrected chi connectivity index (χ4v) is 4.60. The third-order valence-electron chi connectivity index (χ3n) is 4.01. The molecule has 2 aliphatic rings. The summed E-state index contributed by atoms with van der Waals surface area (Å²) >= 11 is 0. The highest BCUT2D eigenvalue weighted by Crippen LogP contribution is 2.43. The molecule has 3 atom stereocenters. The molecule has 94 valence electrons. The van der Waals surface area contributed by atoms with Crippen LogP contribution in [-0.4, -0.2) is 33.5 Å². The quantitative estimate of drug-likeness (QED) is 0.818. The summed E-state index contributed by atoms with van der Waals surface area (Å²) in [7, 11) is -0.725. The fourth-order valence-electron chi connectivity index (χ4n) is 2.78. The molecule has 1 saturated carbocycles. The summed E-state index contributed by atoms with van der Waals surface area (Å²) in [6.07, 6.45) is 6.46. The monoisotopic (exact) mass is 245 g/mol. The van der Waals surface area contributed by atoms with E-state index in [1.807, 2.05) is 0 Å². The summed E-state index contributed by atoms with van der Waals surface area (Å²) in [5, 5.41) is 0.584. The Bertz CT molecular complexity index is 266. The number of nitrogens with two attached hydrogens (primary N) is 1.